The molecule has 1 unspecified atom stereocenters. The Morgan fingerprint density at radius 2 is 1.81 bits per heavy atom. The predicted octanol–water partition coefficient (Wildman–Crippen LogP) is 1.36. The average molecular weight is 293 g/mol. The van der Waals surface area contributed by atoms with E-state index in [1.165, 1.54) is 7.11 Å². The number of carbonyl (C=O) groups excluding carboxylic acids is 3. The fourth-order valence-corrected chi connectivity index (χ4v) is 1.72. The molecule has 0 bridgehead atoms. The van der Waals surface area contributed by atoms with Gasteiger partial charge in [0, 0.05) is 6.42 Å². The highest BCUT2D eigenvalue weighted by molar-refractivity contribution is 5.87. The van der Waals surface area contributed by atoms with Crippen molar-refractivity contribution in [2.24, 2.45) is 0 Å². The molecule has 1 N–H and O–H groups in total. The molecule has 0 radical (unpaired) electrons. The Bertz CT molecular complexity index is 486. The number of carbonyl (C=O) groups is 3. The second-order valence-electron chi connectivity index (χ2n) is 4.24. The van der Waals surface area contributed by atoms with Gasteiger partial charge in [-0.15, -0.1) is 0 Å². The molecule has 0 saturated heterocycles. The smallest absolute Gasteiger partial charge is 0.333 e. The third-order valence-electron chi connectivity index (χ3n) is 2.74. The highest BCUT2D eigenvalue weighted by Gasteiger charge is 2.23. The molecule has 1 aromatic rings. The van der Waals surface area contributed by atoms with E-state index in [1.54, 1.807) is 37.3 Å². The van der Waals surface area contributed by atoms with Gasteiger partial charge < -0.3 is 14.8 Å². The zero-order valence-corrected chi connectivity index (χ0v) is 12.1. The number of amides is 1. The van der Waals surface area contributed by atoms with E-state index in [0.717, 1.165) is 0 Å². The van der Waals surface area contributed by atoms with Gasteiger partial charge in [-0.1, -0.05) is 30.3 Å². The highest BCUT2D eigenvalue weighted by Crippen LogP contribution is 2.14. The van der Waals surface area contributed by atoms with Crippen molar-refractivity contribution in [3.05, 3.63) is 35.9 Å². The Morgan fingerprint density at radius 1 is 1.14 bits per heavy atom. The monoisotopic (exact) mass is 293 g/mol. The minimum atomic E-state index is -0.883. The van der Waals surface area contributed by atoms with Crippen LogP contribution in [0.15, 0.2) is 30.3 Å². The van der Waals surface area contributed by atoms with E-state index in [-0.39, 0.29) is 19.4 Å². The number of rotatable bonds is 7. The number of hydrogen-bond acceptors (Lipinski definition) is 5. The van der Waals surface area contributed by atoms with Crippen LogP contribution in [0.3, 0.4) is 0 Å². The van der Waals surface area contributed by atoms with Gasteiger partial charge in [0.1, 0.15) is 0 Å². The molecule has 6 heteroatoms. The van der Waals surface area contributed by atoms with E-state index >= 15 is 0 Å². The second-order valence-corrected chi connectivity index (χ2v) is 4.24. The third-order valence-corrected chi connectivity index (χ3v) is 2.74. The molecular weight excluding hydrogens is 274 g/mol. The van der Waals surface area contributed by atoms with Crippen molar-refractivity contribution >= 4 is 17.8 Å². The molecule has 1 amide bonds. The van der Waals surface area contributed by atoms with Crippen LogP contribution in [0.5, 0.6) is 0 Å². The maximum atomic E-state index is 11.8. The Balaban J connectivity index is 2.63. The molecular formula is C15H19NO5. The van der Waals surface area contributed by atoms with Gasteiger partial charge in [0.25, 0.3) is 0 Å². The van der Waals surface area contributed by atoms with Gasteiger partial charge in [-0.25, -0.2) is 4.79 Å². The van der Waals surface area contributed by atoms with Crippen molar-refractivity contribution < 1.29 is 23.9 Å². The van der Waals surface area contributed by atoms with Crippen molar-refractivity contribution in [2.75, 3.05) is 13.7 Å². The van der Waals surface area contributed by atoms with Gasteiger partial charge in [-0.05, 0) is 12.5 Å². The maximum absolute atomic E-state index is 11.8. The van der Waals surface area contributed by atoms with Crippen molar-refractivity contribution in [3.63, 3.8) is 0 Å². The summed E-state index contributed by atoms with van der Waals surface area (Å²) >= 11 is 0. The van der Waals surface area contributed by atoms with Crippen LogP contribution in [0.25, 0.3) is 0 Å². The minimum Gasteiger partial charge on any atom is -0.467 e. The molecule has 1 aromatic carbocycles. The van der Waals surface area contributed by atoms with Crippen molar-refractivity contribution in [2.45, 2.75) is 25.8 Å². The van der Waals surface area contributed by atoms with Crippen LogP contribution in [0.2, 0.25) is 0 Å². The Hall–Kier alpha value is -2.37. The van der Waals surface area contributed by atoms with Crippen LogP contribution in [0.1, 0.15) is 31.4 Å². The predicted molar refractivity (Wildman–Crippen MR) is 75.2 cm³/mol. The zero-order chi connectivity index (χ0) is 15.7. The third kappa shape index (κ3) is 5.64. The second kappa shape index (κ2) is 8.73. The lowest BCUT2D eigenvalue weighted by Gasteiger charge is -2.16. The minimum absolute atomic E-state index is 0.0254. The van der Waals surface area contributed by atoms with Gasteiger partial charge in [-0.3, -0.25) is 9.59 Å². The summed E-state index contributed by atoms with van der Waals surface area (Å²) in [5, 5.41) is 2.56. The quantitative estimate of drug-likeness (QED) is 0.768. The first kappa shape index (κ1) is 16.7. The van der Waals surface area contributed by atoms with Gasteiger partial charge in [0.2, 0.25) is 5.91 Å². The number of hydrogen-bond donors (Lipinski definition) is 1. The average Bonchev–Trinajstić information content (AvgIpc) is 2.51. The lowest BCUT2D eigenvalue weighted by Crippen LogP contribution is -2.34. The number of methoxy groups -OCH3 is 1. The maximum Gasteiger partial charge on any atom is 0.333 e. The van der Waals surface area contributed by atoms with Crippen LogP contribution in [-0.2, 0) is 23.9 Å². The molecule has 0 spiro atoms. The summed E-state index contributed by atoms with van der Waals surface area (Å²) in [5.74, 6) is -1.42. The van der Waals surface area contributed by atoms with E-state index < -0.39 is 23.9 Å². The van der Waals surface area contributed by atoms with Crippen molar-refractivity contribution in [1.82, 2.24) is 5.32 Å². The summed E-state index contributed by atoms with van der Waals surface area (Å²) in [4.78, 5) is 34.8. The summed E-state index contributed by atoms with van der Waals surface area (Å²) in [6.45, 7) is 1.97. The number of benzene rings is 1. The number of nitrogens with one attached hydrogen (secondary N) is 1. The normalized spacial score (nSPS) is 11.3. The zero-order valence-electron chi connectivity index (χ0n) is 12.1. The summed E-state index contributed by atoms with van der Waals surface area (Å²) < 4.78 is 9.43. The van der Waals surface area contributed by atoms with Crippen LogP contribution in [0, 0.1) is 0 Å². The van der Waals surface area contributed by atoms with Gasteiger partial charge in [0.05, 0.1) is 20.1 Å². The molecule has 0 aliphatic rings. The molecule has 0 aliphatic carbocycles. The SMILES string of the molecule is CCOC(=O)CCC(=O)NC(C(=O)OC)c1ccccc1. The van der Waals surface area contributed by atoms with Gasteiger partial charge in [-0.2, -0.15) is 0 Å². The number of esters is 2. The number of ether oxygens (including phenoxy) is 2. The topological polar surface area (TPSA) is 81.7 Å². The first-order valence-corrected chi connectivity index (χ1v) is 6.66. The molecule has 0 aliphatic heterocycles. The molecule has 6 nitrogen and oxygen atoms in total. The molecule has 1 rings (SSSR count). The van der Waals surface area contributed by atoms with E-state index in [1.807, 2.05) is 0 Å². The standard InChI is InChI=1S/C15H19NO5/c1-3-21-13(18)10-9-12(17)16-14(15(19)20-2)11-7-5-4-6-8-11/h4-8,14H,3,9-10H2,1-2H3,(H,16,17). The summed E-state index contributed by atoms with van der Waals surface area (Å²) in [6.07, 6.45) is -0.0679. The lowest BCUT2D eigenvalue weighted by atomic mass is 10.1. The lowest BCUT2D eigenvalue weighted by molar-refractivity contribution is -0.146. The Kier molecular flexibility index (Phi) is 6.94. The summed E-state index contributed by atoms with van der Waals surface area (Å²) in [6, 6.07) is 7.87. The first-order chi connectivity index (χ1) is 10.1. The van der Waals surface area contributed by atoms with E-state index in [2.05, 4.69) is 10.1 Å². The Morgan fingerprint density at radius 3 is 2.38 bits per heavy atom. The molecule has 1 atom stereocenters. The molecule has 0 aromatic heterocycles. The molecule has 21 heavy (non-hydrogen) atoms. The van der Waals surface area contributed by atoms with Crippen LogP contribution in [0.4, 0.5) is 0 Å². The first-order valence-electron chi connectivity index (χ1n) is 6.66. The fourth-order valence-electron chi connectivity index (χ4n) is 1.72. The van der Waals surface area contributed by atoms with Gasteiger partial charge >= 0.3 is 11.9 Å². The summed E-state index contributed by atoms with van der Waals surface area (Å²) in [7, 11) is 1.25. The van der Waals surface area contributed by atoms with Gasteiger partial charge in [0.15, 0.2) is 6.04 Å². The van der Waals surface area contributed by atoms with Crippen molar-refractivity contribution in [3.8, 4) is 0 Å². The van der Waals surface area contributed by atoms with Crippen LogP contribution in [-0.4, -0.2) is 31.6 Å². The fraction of sp³-hybridized carbons (Fsp3) is 0.400. The van der Waals surface area contributed by atoms with Crippen molar-refractivity contribution in [1.29, 1.82) is 0 Å². The van der Waals surface area contributed by atoms with E-state index in [4.69, 9.17) is 4.74 Å². The highest BCUT2D eigenvalue weighted by atomic mass is 16.5. The molecule has 0 fully saturated rings. The molecule has 0 heterocycles. The largest absolute Gasteiger partial charge is 0.467 e. The molecule has 0 saturated carbocycles. The van der Waals surface area contributed by atoms with E-state index in [0.29, 0.717) is 5.56 Å². The van der Waals surface area contributed by atoms with E-state index in [9.17, 15) is 14.4 Å². The molecule has 114 valence electrons. The summed E-state index contributed by atoms with van der Waals surface area (Å²) in [5.41, 5.74) is 0.619. The van der Waals surface area contributed by atoms with Crippen LogP contribution >= 0.6 is 0 Å². The Labute approximate surface area is 123 Å². The van der Waals surface area contributed by atoms with Crippen LogP contribution < -0.4 is 5.32 Å².